The lowest BCUT2D eigenvalue weighted by Crippen LogP contribution is -2.50. The Morgan fingerprint density at radius 2 is 1.48 bits per heavy atom. The molecule has 1 unspecified atom stereocenters. The molecule has 7 nitrogen and oxygen atoms in total. The van der Waals surface area contributed by atoms with Gasteiger partial charge in [0, 0.05) is 37.1 Å². The zero-order chi connectivity index (χ0) is 22.0. The molecule has 2 bridgehead atoms. The second kappa shape index (κ2) is 9.21. The standard InChI is InChI=1S/C24H37N3O4/c1-5-16-6-10-19(11-7-16)29-21-12-13-22(26-25-21)30-20-14-17-8-9-18(15-20)27(17)23(28)31-24(2,3)4/h12-13,16-20H,5-11,14-15H2,1-4H3/t16?,17-,18+,19?,20?. The number of hydrogen-bond acceptors (Lipinski definition) is 6. The Balaban J connectivity index is 1.27. The highest BCUT2D eigenvalue weighted by molar-refractivity contribution is 5.69. The van der Waals surface area contributed by atoms with Gasteiger partial charge < -0.3 is 19.1 Å². The van der Waals surface area contributed by atoms with Crippen LogP contribution in [0.25, 0.3) is 0 Å². The predicted molar refractivity (Wildman–Crippen MR) is 117 cm³/mol. The number of hydrogen-bond donors (Lipinski definition) is 0. The van der Waals surface area contributed by atoms with Gasteiger partial charge in [0.05, 0.1) is 0 Å². The van der Waals surface area contributed by atoms with Crippen molar-refractivity contribution in [2.75, 3.05) is 0 Å². The Labute approximate surface area is 185 Å². The van der Waals surface area contributed by atoms with Crippen LogP contribution in [0.15, 0.2) is 12.1 Å². The smallest absolute Gasteiger partial charge is 0.410 e. The lowest BCUT2D eigenvalue weighted by atomic mass is 9.86. The summed E-state index contributed by atoms with van der Waals surface area (Å²) in [6.07, 6.45) is 9.62. The zero-order valence-corrected chi connectivity index (χ0v) is 19.4. The van der Waals surface area contributed by atoms with E-state index in [0.717, 1.165) is 44.4 Å². The minimum absolute atomic E-state index is 0.0431. The van der Waals surface area contributed by atoms with E-state index in [0.29, 0.717) is 11.8 Å². The first kappa shape index (κ1) is 22.2. The first-order chi connectivity index (χ1) is 14.8. The quantitative estimate of drug-likeness (QED) is 0.643. The monoisotopic (exact) mass is 431 g/mol. The van der Waals surface area contributed by atoms with Crippen molar-refractivity contribution in [1.82, 2.24) is 15.1 Å². The Kier molecular flexibility index (Phi) is 6.58. The largest absolute Gasteiger partial charge is 0.473 e. The van der Waals surface area contributed by atoms with Gasteiger partial charge in [0.15, 0.2) is 0 Å². The molecular weight excluding hydrogens is 394 g/mol. The minimum Gasteiger partial charge on any atom is -0.473 e. The van der Waals surface area contributed by atoms with Gasteiger partial charge in [-0.05, 0) is 65.2 Å². The van der Waals surface area contributed by atoms with E-state index in [1.165, 1.54) is 19.3 Å². The topological polar surface area (TPSA) is 73.8 Å². The highest BCUT2D eigenvalue weighted by Crippen LogP contribution is 2.38. The van der Waals surface area contributed by atoms with Crippen LogP contribution in [0.4, 0.5) is 4.79 Å². The number of amides is 1. The van der Waals surface area contributed by atoms with Gasteiger partial charge in [0.2, 0.25) is 11.8 Å². The lowest BCUT2D eigenvalue weighted by molar-refractivity contribution is -0.00777. The summed E-state index contributed by atoms with van der Waals surface area (Å²) < 4.78 is 17.8. The van der Waals surface area contributed by atoms with E-state index in [-0.39, 0.29) is 30.4 Å². The molecule has 0 spiro atoms. The Bertz CT molecular complexity index is 726. The summed E-state index contributed by atoms with van der Waals surface area (Å²) in [6.45, 7) is 7.99. The first-order valence-corrected chi connectivity index (χ1v) is 12.0. The average molecular weight is 432 g/mol. The molecule has 0 N–H and O–H groups in total. The van der Waals surface area contributed by atoms with E-state index in [4.69, 9.17) is 14.2 Å². The van der Waals surface area contributed by atoms with Crippen LogP contribution in [0.2, 0.25) is 0 Å². The summed E-state index contributed by atoms with van der Waals surface area (Å²) in [6, 6.07) is 4.06. The fourth-order valence-corrected chi connectivity index (χ4v) is 5.27. The number of nitrogens with zero attached hydrogens (tertiary/aromatic N) is 3. The summed E-state index contributed by atoms with van der Waals surface area (Å²) in [5.41, 5.74) is -0.474. The van der Waals surface area contributed by atoms with Crippen molar-refractivity contribution in [3.05, 3.63) is 12.1 Å². The van der Waals surface area contributed by atoms with Gasteiger partial charge in [-0.25, -0.2) is 4.79 Å². The van der Waals surface area contributed by atoms with E-state index in [1.54, 1.807) is 0 Å². The second-order valence-corrected chi connectivity index (χ2v) is 10.4. The predicted octanol–water partition coefficient (Wildman–Crippen LogP) is 5.13. The normalized spacial score (nSPS) is 30.7. The third-order valence-electron chi connectivity index (χ3n) is 6.86. The van der Waals surface area contributed by atoms with Gasteiger partial charge in [0.25, 0.3) is 0 Å². The molecule has 1 aromatic heterocycles. The van der Waals surface area contributed by atoms with Crippen molar-refractivity contribution >= 4 is 6.09 Å². The fraction of sp³-hybridized carbons (Fsp3) is 0.792. The molecule has 7 heteroatoms. The van der Waals surface area contributed by atoms with Gasteiger partial charge >= 0.3 is 6.09 Å². The third kappa shape index (κ3) is 5.60. The molecule has 1 amide bonds. The van der Waals surface area contributed by atoms with Crippen molar-refractivity contribution in [2.45, 2.75) is 115 Å². The van der Waals surface area contributed by atoms with Crippen LogP contribution in [-0.2, 0) is 4.74 Å². The van der Waals surface area contributed by atoms with E-state index >= 15 is 0 Å². The molecule has 3 fully saturated rings. The third-order valence-corrected chi connectivity index (χ3v) is 6.86. The maximum atomic E-state index is 12.6. The molecule has 172 valence electrons. The summed E-state index contributed by atoms with van der Waals surface area (Å²) in [5.74, 6) is 1.95. The van der Waals surface area contributed by atoms with Crippen molar-refractivity contribution in [2.24, 2.45) is 5.92 Å². The Morgan fingerprint density at radius 3 is 1.97 bits per heavy atom. The summed E-state index contributed by atoms with van der Waals surface area (Å²) in [5, 5.41) is 8.47. The van der Waals surface area contributed by atoms with Crippen molar-refractivity contribution in [1.29, 1.82) is 0 Å². The number of piperidine rings is 1. The molecule has 31 heavy (non-hydrogen) atoms. The summed E-state index contributed by atoms with van der Waals surface area (Å²) >= 11 is 0. The second-order valence-electron chi connectivity index (χ2n) is 10.4. The average Bonchev–Trinajstić information content (AvgIpc) is 3.00. The minimum atomic E-state index is -0.474. The van der Waals surface area contributed by atoms with Crippen molar-refractivity contribution in [3.8, 4) is 11.8 Å². The molecule has 1 aromatic rings. The first-order valence-electron chi connectivity index (χ1n) is 12.0. The molecule has 2 saturated heterocycles. The highest BCUT2D eigenvalue weighted by atomic mass is 16.6. The van der Waals surface area contributed by atoms with Gasteiger partial charge in [-0.1, -0.05) is 13.3 Å². The maximum absolute atomic E-state index is 12.6. The van der Waals surface area contributed by atoms with E-state index in [9.17, 15) is 4.79 Å². The molecular formula is C24H37N3O4. The van der Waals surface area contributed by atoms with E-state index < -0.39 is 5.60 Å². The number of rotatable bonds is 5. The SMILES string of the molecule is CCC1CCC(Oc2ccc(OC3C[C@H]4CC[C@@H](C3)N4C(=O)OC(C)(C)C)nn2)CC1. The van der Waals surface area contributed by atoms with Gasteiger partial charge in [0.1, 0.15) is 17.8 Å². The Morgan fingerprint density at radius 1 is 0.935 bits per heavy atom. The van der Waals surface area contributed by atoms with Crippen LogP contribution in [0, 0.1) is 5.92 Å². The van der Waals surface area contributed by atoms with Crippen LogP contribution in [-0.4, -0.2) is 51.1 Å². The number of fused-ring (bicyclic) bond motifs is 2. The summed E-state index contributed by atoms with van der Waals surface area (Å²) in [4.78, 5) is 14.5. The van der Waals surface area contributed by atoms with Gasteiger partial charge in [-0.3, -0.25) is 0 Å². The van der Waals surface area contributed by atoms with Gasteiger partial charge in [-0.15, -0.1) is 10.2 Å². The molecule has 3 aliphatic rings. The van der Waals surface area contributed by atoms with E-state index in [1.807, 2.05) is 37.8 Å². The molecule has 3 atom stereocenters. The molecule has 3 heterocycles. The molecule has 2 aliphatic heterocycles. The van der Waals surface area contributed by atoms with Crippen LogP contribution < -0.4 is 9.47 Å². The fourth-order valence-electron chi connectivity index (χ4n) is 5.27. The molecule has 4 rings (SSSR count). The number of carbonyl (C=O) groups is 1. The van der Waals surface area contributed by atoms with Gasteiger partial charge in [-0.2, -0.15) is 0 Å². The Hall–Kier alpha value is -2.05. The molecule has 0 aromatic carbocycles. The molecule has 0 radical (unpaired) electrons. The molecule has 1 aliphatic carbocycles. The lowest BCUT2D eigenvalue weighted by Gasteiger charge is -2.39. The van der Waals surface area contributed by atoms with Crippen LogP contribution in [0.5, 0.6) is 11.8 Å². The van der Waals surface area contributed by atoms with Crippen LogP contribution in [0.3, 0.4) is 0 Å². The number of ether oxygens (including phenoxy) is 3. The van der Waals surface area contributed by atoms with Crippen molar-refractivity contribution < 1.29 is 19.0 Å². The van der Waals surface area contributed by atoms with E-state index in [2.05, 4.69) is 17.1 Å². The maximum Gasteiger partial charge on any atom is 0.410 e. The number of aromatic nitrogens is 2. The highest BCUT2D eigenvalue weighted by Gasteiger charge is 2.45. The number of carbonyl (C=O) groups excluding carboxylic acids is 1. The zero-order valence-electron chi connectivity index (χ0n) is 19.4. The molecule has 1 saturated carbocycles. The summed E-state index contributed by atoms with van der Waals surface area (Å²) in [7, 11) is 0. The van der Waals surface area contributed by atoms with Crippen LogP contribution >= 0.6 is 0 Å². The van der Waals surface area contributed by atoms with Crippen molar-refractivity contribution in [3.63, 3.8) is 0 Å². The van der Waals surface area contributed by atoms with Crippen LogP contribution in [0.1, 0.15) is 85.5 Å².